The average molecular weight is 336 g/mol. The summed E-state index contributed by atoms with van der Waals surface area (Å²) in [6.07, 6.45) is 0.464. The van der Waals surface area contributed by atoms with Crippen LogP contribution >= 0.6 is 35.6 Å². The van der Waals surface area contributed by atoms with Gasteiger partial charge >= 0.3 is 0 Å². The number of hydrogen-bond donors (Lipinski definition) is 1. The Morgan fingerprint density at radius 2 is 2.00 bits per heavy atom. The zero-order valence-corrected chi connectivity index (χ0v) is 13.5. The van der Waals surface area contributed by atoms with Gasteiger partial charge < -0.3 is 5.32 Å². The molecule has 0 heterocycles. The largest absolute Gasteiger partial charge is 0.340 e. The van der Waals surface area contributed by atoms with Crippen molar-refractivity contribution < 1.29 is 8.78 Å². The number of rotatable bonds is 6. The number of thiocarbonyl (C=S) groups is 1. The van der Waals surface area contributed by atoms with E-state index in [1.54, 1.807) is 6.07 Å². The van der Waals surface area contributed by atoms with E-state index in [2.05, 4.69) is 5.32 Å². The summed E-state index contributed by atoms with van der Waals surface area (Å²) in [5.74, 6) is 0.803. The van der Waals surface area contributed by atoms with Gasteiger partial charge in [0.15, 0.2) is 0 Å². The predicted octanol–water partition coefficient (Wildman–Crippen LogP) is 6.11. The Kier molecular flexibility index (Phi) is 8.11. The highest BCUT2D eigenvalue weighted by Gasteiger charge is 2.03. The molecule has 0 aliphatic carbocycles. The molecule has 1 aromatic rings. The summed E-state index contributed by atoms with van der Waals surface area (Å²) in [7, 11) is 0. The first-order valence-corrected chi connectivity index (χ1v) is 7.97. The average Bonchev–Trinajstić information content (AvgIpc) is 2.40. The molecule has 6 heteroatoms. The van der Waals surface area contributed by atoms with Gasteiger partial charge in [0, 0.05) is 5.75 Å². The highest BCUT2D eigenvalue weighted by atomic mass is 35.5. The van der Waals surface area contributed by atoms with Crippen LogP contribution in [0.1, 0.15) is 26.2 Å². The lowest BCUT2D eigenvalue weighted by atomic mass is 10.1. The minimum Gasteiger partial charge on any atom is -0.340 e. The molecule has 110 valence electrons. The monoisotopic (exact) mass is 335 g/mol. The summed E-state index contributed by atoms with van der Waals surface area (Å²) in [4.78, 5) is 0. The maximum Gasteiger partial charge on any atom is 0.269 e. The van der Waals surface area contributed by atoms with Gasteiger partial charge in [-0.15, -0.1) is 0 Å². The van der Waals surface area contributed by atoms with E-state index in [1.807, 2.05) is 18.2 Å². The Labute approximate surface area is 132 Å². The van der Waals surface area contributed by atoms with Crippen LogP contribution < -0.4 is 5.32 Å². The van der Waals surface area contributed by atoms with E-state index in [0.717, 1.165) is 24.3 Å². The standard InChI is InChI=1S/C14H16ClF2NS2/c1-10(13(16)17)6-4-5-9-20-14(19)18-12-8-3-2-7-11(12)15/h2-3,7-8H,4-6,9H2,1H3,(H,18,19). The van der Waals surface area contributed by atoms with E-state index < -0.39 is 6.08 Å². The number of halogens is 3. The van der Waals surface area contributed by atoms with Crippen molar-refractivity contribution in [3.63, 3.8) is 0 Å². The van der Waals surface area contributed by atoms with E-state index in [4.69, 9.17) is 23.8 Å². The number of unbranched alkanes of at least 4 members (excludes halogenated alkanes) is 1. The van der Waals surface area contributed by atoms with Crippen molar-refractivity contribution in [2.24, 2.45) is 0 Å². The summed E-state index contributed by atoms with van der Waals surface area (Å²) >= 11 is 12.7. The number of nitrogens with one attached hydrogen (secondary N) is 1. The normalized spacial score (nSPS) is 10.2. The molecule has 0 spiro atoms. The number of allylic oxidation sites excluding steroid dienone is 1. The Bertz CT molecular complexity index is 488. The third-order valence-electron chi connectivity index (χ3n) is 2.61. The number of benzene rings is 1. The van der Waals surface area contributed by atoms with E-state index in [-0.39, 0.29) is 5.57 Å². The smallest absolute Gasteiger partial charge is 0.269 e. The van der Waals surface area contributed by atoms with Crippen LogP contribution in [-0.4, -0.2) is 10.1 Å². The fourth-order valence-electron chi connectivity index (χ4n) is 1.46. The maximum atomic E-state index is 12.2. The molecule has 0 saturated carbocycles. The number of anilines is 1. The second kappa shape index (κ2) is 9.32. The first kappa shape index (κ1) is 17.4. The minimum atomic E-state index is -1.56. The topological polar surface area (TPSA) is 12.0 Å². The number of hydrogen-bond acceptors (Lipinski definition) is 2. The lowest BCUT2D eigenvalue weighted by molar-refractivity contribution is 0.407. The fraction of sp³-hybridized carbons (Fsp3) is 0.357. The van der Waals surface area contributed by atoms with Gasteiger partial charge in [-0.1, -0.05) is 47.7 Å². The second-order valence-electron chi connectivity index (χ2n) is 4.24. The molecular weight excluding hydrogens is 320 g/mol. The SMILES string of the molecule is CC(CCCCSC(=S)Nc1ccccc1Cl)=C(F)F. The van der Waals surface area contributed by atoms with Crippen molar-refractivity contribution in [2.45, 2.75) is 26.2 Å². The van der Waals surface area contributed by atoms with E-state index in [0.29, 0.717) is 15.8 Å². The zero-order valence-electron chi connectivity index (χ0n) is 11.1. The van der Waals surface area contributed by atoms with Gasteiger partial charge in [-0.2, -0.15) is 8.78 Å². The molecule has 0 radical (unpaired) electrons. The van der Waals surface area contributed by atoms with Crippen LogP contribution in [0.25, 0.3) is 0 Å². The summed E-state index contributed by atoms with van der Waals surface area (Å²) < 4.78 is 25.0. The van der Waals surface area contributed by atoms with Crippen molar-refractivity contribution in [2.75, 3.05) is 11.1 Å². The van der Waals surface area contributed by atoms with Crippen molar-refractivity contribution in [1.29, 1.82) is 0 Å². The van der Waals surface area contributed by atoms with Crippen molar-refractivity contribution in [3.8, 4) is 0 Å². The molecule has 0 atom stereocenters. The van der Waals surface area contributed by atoms with Crippen LogP contribution in [0.2, 0.25) is 5.02 Å². The summed E-state index contributed by atoms with van der Waals surface area (Å²) in [5.41, 5.74) is 0.955. The van der Waals surface area contributed by atoms with Gasteiger partial charge in [-0.3, -0.25) is 0 Å². The number of thioether (sulfide) groups is 1. The first-order valence-electron chi connectivity index (χ1n) is 6.19. The quantitative estimate of drug-likeness (QED) is 0.497. The fourth-order valence-corrected chi connectivity index (χ4v) is 2.72. The summed E-state index contributed by atoms with van der Waals surface area (Å²) in [6.45, 7) is 1.46. The molecule has 0 aromatic heterocycles. The Hall–Kier alpha value is -0.650. The molecular formula is C14H16ClF2NS2. The molecule has 0 amide bonds. The Morgan fingerprint density at radius 3 is 2.65 bits per heavy atom. The molecule has 20 heavy (non-hydrogen) atoms. The van der Waals surface area contributed by atoms with Crippen LogP contribution in [0.15, 0.2) is 35.9 Å². The molecule has 0 aliphatic rings. The Balaban J connectivity index is 2.21. The molecule has 0 aliphatic heterocycles. The predicted molar refractivity (Wildman–Crippen MR) is 88.9 cm³/mol. The van der Waals surface area contributed by atoms with E-state index in [9.17, 15) is 8.78 Å². The van der Waals surface area contributed by atoms with Crippen LogP contribution in [0.4, 0.5) is 14.5 Å². The molecule has 1 N–H and O–H groups in total. The molecule has 0 unspecified atom stereocenters. The third kappa shape index (κ3) is 6.68. The van der Waals surface area contributed by atoms with Gasteiger partial charge in [0.25, 0.3) is 6.08 Å². The summed E-state index contributed by atoms with van der Waals surface area (Å²) in [6, 6.07) is 7.37. The summed E-state index contributed by atoms with van der Waals surface area (Å²) in [5, 5.41) is 3.68. The van der Waals surface area contributed by atoms with Gasteiger partial charge in [0.2, 0.25) is 0 Å². The van der Waals surface area contributed by atoms with E-state index in [1.165, 1.54) is 18.7 Å². The molecule has 0 saturated heterocycles. The molecule has 0 bridgehead atoms. The Morgan fingerprint density at radius 1 is 1.30 bits per heavy atom. The van der Waals surface area contributed by atoms with Crippen LogP contribution in [-0.2, 0) is 0 Å². The zero-order chi connectivity index (χ0) is 15.0. The van der Waals surface area contributed by atoms with Crippen molar-refractivity contribution >= 4 is 45.6 Å². The second-order valence-corrected chi connectivity index (χ2v) is 6.42. The van der Waals surface area contributed by atoms with Gasteiger partial charge in [0.1, 0.15) is 4.32 Å². The lowest BCUT2D eigenvalue weighted by Gasteiger charge is -2.08. The molecule has 1 aromatic carbocycles. The number of para-hydroxylation sites is 1. The maximum absolute atomic E-state index is 12.2. The third-order valence-corrected chi connectivity index (χ3v) is 4.25. The van der Waals surface area contributed by atoms with Crippen LogP contribution in [0.3, 0.4) is 0 Å². The van der Waals surface area contributed by atoms with Gasteiger partial charge in [0.05, 0.1) is 10.7 Å². The van der Waals surface area contributed by atoms with Crippen LogP contribution in [0, 0.1) is 0 Å². The molecule has 1 rings (SSSR count). The van der Waals surface area contributed by atoms with Crippen molar-refractivity contribution in [1.82, 2.24) is 0 Å². The first-order chi connectivity index (χ1) is 9.50. The molecule has 1 nitrogen and oxygen atoms in total. The van der Waals surface area contributed by atoms with Crippen LogP contribution in [0.5, 0.6) is 0 Å². The van der Waals surface area contributed by atoms with E-state index >= 15 is 0 Å². The molecule has 0 fully saturated rings. The minimum absolute atomic E-state index is 0.173. The highest BCUT2D eigenvalue weighted by Crippen LogP contribution is 2.22. The van der Waals surface area contributed by atoms with Gasteiger partial charge in [-0.25, -0.2) is 0 Å². The van der Waals surface area contributed by atoms with Gasteiger partial charge in [-0.05, 0) is 43.9 Å². The van der Waals surface area contributed by atoms with Crippen molar-refractivity contribution in [3.05, 3.63) is 40.9 Å². The lowest BCUT2D eigenvalue weighted by Crippen LogP contribution is -2.05. The highest BCUT2D eigenvalue weighted by molar-refractivity contribution is 8.23.